The van der Waals surface area contributed by atoms with Crippen molar-refractivity contribution in [3.63, 3.8) is 0 Å². The second kappa shape index (κ2) is 6.92. The monoisotopic (exact) mass is 396 g/mol. The average molecular weight is 396 g/mol. The molecular formula is C22H28N4O3. The zero-order valence-electron chi connectivity index (χ0n) is 16.7. The molecule has 7 heteroatoms. The molecule has 4 aliphatic rings. The van der Waals surface area contributed by atoms with E-state index in [1.165, 1.54) is 31.2 Å². The van der Waals surface area contributed by atoms with Gasteiger partial charge in [-0.1, -0.05) is 12.1 Å². The summed E-state index contributed by atoms with van der Waals surface area (Å²) in [5, 5.41) is 2.35. The van der Waals surface area contributed by atoms with Crippen molar-refractivity contribution in [2.75, 3.05) is 13.1 Å². The summed E-state index contributed by atoms with van der Waals surface area (Å²) in [7, 11) is 0. The number of benzene rings is 1. The van der Waals surface area contributed by atoms with E-state index in [1.54, 1.807) is 4.90 Å². The molecule has 2 saturated heterocycles. The molecule has 154 valence electrons. The van der Waals surface area contributed by atoms with Crippen molar-refractivity contribution in [3.8, 4) is 0 Å². The van der Waals surface area contributed by atoms with Crippen molar-refractivity contribution in [1.82, 2.24) is 15.1 Å². The van der Waals surface area contributed by atoms with Gasteiger partial charge >= 0.3 is 0 Å². The molecule has 0 bridgehead atoms. The van der Waals surface area contributed by atoms with Crippen molar-refractivity contribution in [2.45, 2.75) is 63.7 Å². The van der Waals surface area contributed by atoms with Gasteiger partial charge in [0.25, 0.3) is 5.91 Å². The molecule has 1 aromatic rings. The third-order valence-corrected chi connectivity index (χ3v) is 7.30. The summed E-state index contributed by atoms with van der Waals surface area (Å²) in [6.45, 7) is 3.54. The number of hydrogen-bond donors (Lipinski definition) is 2. The minimum Gasteiger partial charge on any atom is -0.328 e. The van der Waals surface area contributed by atoms with Crippen LogP contribution in [0.4, 0.5) is 0 Å². The maximum Gasteiger partial charge on any atom is 0.255 e. The molecule has 7 nitrogen and oxygen atoms in total. The second-order valence-electron chi connectivity index (χ2n) is 9.34. The average Bonchev–Trinajstić information content (AvgIpc) is 2.98. The summed E-state index contributed by atoms with van der Waals surface area (Å²) in [6.07, 6.45) is 5.50. The molecule has 1 aliphatic carbocycles. The molecule has 1 atom stereocenters. The Morgan fingerprint density at radius 2 is 1.90 bits per heavy atom. The van der Waals surface area contributed by atoms with Crippen LogP contribution >= 0.6 is 0 Å². The molecule has 3 amide bonds. The quantitative estimate of drug-likeness (QED) is 0.748. The number of amides is 3. The third-order valence-electron chi connectivity index (χ3n) is 7.30. The minimum atomic E-state index is -0.553. The lowest BCUT2D eigenvalue weighted by Gasteiger charge is -2.51. The summed E-state index contributed by atoms with van der Waals surface area (Å²) in [5.74, 6) is -0.729. The van der Waals surface area contributed by atoms with Gasteiger partial charge in [0.15, 0.2) is 0 Å². The van der Waals surface area contributed by atoms with Crippen molar-refractivity contribution in [2.24, 2.45) is 11.1 Å². The molecule has 0 aromatic heterocycles. The summed E-state index contributed by atoms with van der Waals surface area (Å²) < 4.78 is 0. The Morgan fingerprint density at radius 1 is 1.14 bits per heavy atom. The normalized spacial score (nSPS) is 27.1. The van der Waals surface area contributed by atoms with Crippen LogP contribution in [0.15, 0.2) is 18.2 Å². The Kier molecular flexibility index (Phi) is 4.47. The molecule has 3 aliphatic heterocycles. The van der Waals surface area contributed by atoms with Crippen molar-refractivity contribution in [3.05, 3.63) is 34.9 Å². The number of carbonyl (C=O) groups is 3. The summed E-state index contributed by atoms with van der Waals surface area (Å²) in [5.41, 5.74) is 9.38. The number of imide groups is 1. The number of likely N-dealkylation sites (tertiary alicyclic amines) is 1. The highest BCUT2D eigenvalue weighted by Gasteiger charge is 2.44. The van der Waals surface area contributed by atoms with Gasteiger partial charge in [0, 0.05) is 31.1 Å². The van der Waals surface area contributed by atoms with Gasteiger partial charge in [0.1, 0.15) is 6.04 Å². The van der Waals surface area contributed by atoms with E-state index in [0.717, 1.165) is 25.2 Å². The van der Waals surface area contributed by atoms with Crippen LogP contribution in [0.5, 0.6) is 0 Å². The highest BCUT2D eigenvalue weighted by molar-refractivity contribution is 6.05. The van der Waals surface area contributed by atoms with Crippen LogP contribution in [0, 0.1) is 5.41 Å². The molecule has 1 spiro atoms. The van der Waals surface area contributed by atoms with Gasteiger partial charge in [0.05, 0.1) is 0 Å². The predicted octanol–water partition coefficient (Wildman–Crippen LogP) is 1.15. The smallest absolute Gasteiger partial charge is 0.255 e. The van der Waals surface area contributed by atoms with Crippen LogP contribution in [-0.4, -0.2) is 52.7 Å². The standard InChI is InChI=1S/C22H28N4O3/c23-16-10-22(11-16)5-7-25(8-6-22)12-14-1-2-17-15(9-14)13-26(21(17)29)18-3-4-19(27)24-20(18)28/h1-2,9,16,18H,3-8,10-13,23H2,(H,24,27,28). The Balaban J connectivity index is 1.23. The van der Waals surface area contributed by atoms with Crippen LogP contribution < -0.4 is 11.1 Å². The van der Waals surface area contributed by atoms with Gasteiger partial charge in [-0.15, -0.1) is 0 Å². The number of piperidine rings is 2. The Morgan fingerprint density at radius 3 is 2.59 bits per heavy atom. The number of nitrogens with one attached hydrogen (secondary N) is 1. The molecule has 1 unspecified atom stereocenters. The van der Waals surface area contributed by atoms with Crippen LogP contribution in [0.2, 0.25) is 0 Å². The van der Waals surface area contributed by atoms with E-state index in [0.29, 0.717) is 30.0 Å². The van der Waals surface area contributed by atoms with Gasteiger partial charge in [-0.3, -0.25) is 24.6 Å². The second-order valence-corrected chi connectivity index (χ2v) is 9.34. The lowest BCUT2D eigenvalue weighted by molar-refractivity contribution is -0.136. The molecule has 3 fully saturated rings. The first-order valence-corrected chi connectivity index (χ1v) is 10.7. The molecular weight excluding hydrogens is 368 g/mol. The molecule has 3 heterocycles. The summed E-state index contributed by atoms with van der Waals surface area (Å²) in [4.78, 5) is 40.5. The van der Waals surface area contributed by atoms with E-state index in [-0.39, 0.29) is 24.1 Å². The third kappa shape index (κ3) is 3.36. The first kappa shape index (κ1) is 18.8. The zero-order chi connectivity index (χ0) is 20.2. The number of nitrogens with zero attached hydrogens (tertiary/aromatic N) is 2. The van der Waals surface area contributed by atoms with E-state index in [4.69, 9.17) is 5.73 Å². The maximum absolute atomic E-state index is 12.8. The zero-order valence-corrected chi connectivity index (χ0v) is 16.7. The number of carbonyl (C=O) groups excluding carboxylic acids is 3. The number of nitrogens with two attached hydrogens (primary N) is 1. The Bertz CT molecular complexity index is 867. The predicted molar refractivity (Wildman–Crippen MR) is 107 cm³/mol. The fourth-order valence-corrected chi connectivity index (χ4v) is 5.63. The molecule has 29 heavy (non-hydrogen) atoms. The van der Waals surface area contributed by atoms with E-state index >= 15 is 0 Å². The molecule has 3 N–H and O–H groups in total. The Hall–Kier alpha value is -2.25. The highest BCUT2D eigenvalue weighted by atomic mass is 16.2. The maximum atomic E-state index is 12.8. The summed E-state index contributed by atoms with van der Waals surface area (Å²) >= 11 is 0. The number of fused-ring (bicyclic) bond motifs is 1. The van der Waals surface area contributed by atoms with Gasteiger partial charge < -0.3 is 10.6 Å². The largest absolute Gasteiger partial charge is 0.328 e. The Labute approximate surface area is 170 Å². The minimum absolute atomic E-state index is 0.109. The first-order valence-electron chi connectivity index (χ1n) is 10.7. The lowest BCUT2D eigenvalue weighted by Crippen LogP contribution is -2.52. The van der Waals surface area contributed by atoms with Gasteiger partial charge in [-0.05, 0) is 67.8 Å². The van der Waals surface area contributed by atoms with Crippen LogP contribution in [-0.2, 0) is 22.7 Å². The van der Waals surface area contributed by atoms with Crippen LogP contribution in [0.1, 0.15) is 60.0 Å². The molecule has 1 saturated carbocycles. The number of hydrogen-bond acceptors (Lipinski definition) is 5. The SMILES string of the molecule is NC1CC2(CCN(Cc3ccc4c(c3)CN(C3CCC(=O)NC3=O)C4=O)CC2)C1. The van der Waals surface area contributed by atoms with Crippen LogP contribution in [0.25, 0.3) is 0 Å². The first-order chi connectivity index (χ1) is 13.9. The van der Waals surface area contributed by atoms with E-state index < -0.39 is 6.04 Å². The molecule has 0 radical (unpaired) electrons. The fraction of sp³-hybridized carbons (Fsp3) is 0.591. The molecule has 5 rings (SSSR count). The van der Waals surface area contributed by atoms with E-state index in [1.807, 2.05) is 12.1 Å². The topological polar surface area (TPSA) is 95.7 Å². The van der Waals surface area contributed by atoms with Crippen molar-refractivity contribution < 1.29 is 14.4 Å². The molecule has 1 aromatic carbocycles. The number of rotatable bonds is 3. The van der Waals surface area contributed by atoms with E-state index in [9.17, 15) is 14.4 Å². The van der Waals surface area contributed by atoms with E-state index in [2.05, 4.69) is 16.3 Å². The van der Waals surface area contributed by atoms with Crippen molar-refractivity contribution >= 4 is 17.7 Å². The van der Waals surface area contributed by atoms with Gasteiger partial charge in [0.2, 0.25) is 11.8 Å². The summed E-state index contributed by atoms with van der Waals surface area (Å²) in [6, 6.07) is 5.90. The van der Waals surface area contributed by atoms with Gasteiger partial charge in [-0.25, -0.2) is 0 Å². The fourth-order valence-electron chi connectivity index (χ4n) is 5.63. The van der Waals surface area contributed by atoms with Crippen molar-refractivity contribution in [1.29, 1.82) is 0 Å². The van der Waals surface area contributed by atoms with Gasteiger partial charge in [-0.2, -0.15) is 0 Å². The van der Waals surface area contributed by atoms with Crippen LogP contribution in [0.3, 0.4) is 0 Å². The lowest BCUT2D eigenvalue weighted by atomic mass is 9.61. The highest BCUT2D eigenvalue weighted by Crippen LogP contribution is 2.48.